The third-order valence-electron chi connectivity index (χ3n) is 4.35. The fourth-order valence-electron chi connectivity index (χ4n) is 2.77. The van der Waals surface area contributed by atoms with Gasteiger partial charge in [0.25, 0.3) is 5.91 Å². The molecule has 130 valence electrons. The first kappa shape index (κ1) is 17.8. The Kier molecular flexibility index (Phi) is 4.77. The third-order valence-corrected chi connectivity index (χ3v) is 4.94. The van der Waals surface area contributed by atoms with Crippen LogP contribution in [0.5, 0.6) is 5.75 Å². The van der Waals surface area contributed by atoms with Crippen molar-refractivity contribution in [1.29, 1.82) is 5.26 Å². The Morgan fingerprint density at radius 2 is 2.16 bits per heavy atom. The Hall–Kier alpha value is -2.03. The number of carbonyl (C=O) groups excluding carboxylic acids is 1. The van der Waals surface area contributed by atoms with Crippen LogP contribution in [0.1, 0.15) is 25.5 Å². The molecule has 0 saturated heterocycles. The number of aryl methyl sites for hydroxylation is 1. The Bertz CT molecular complexity index is 890. The van der Waals surface area contributed by atoms with E-state index in [1.165, 1.54) is 0 Å². The van der Waals surface area contributed by atoms with E-state index in [1.54, 1.807) is 13.0 Å². The number of nitrogens with one attached hydrogen (secondary N) is 1. The SMILES string of the molecule is Cc1ccc2c(Cl)cc(Cl)c(OCC(=O)NC(C)(C#N)C3CC3)c2n1. The van der Waals surface area contributed by atoms with Gasteiger partial charge in [0, 0.05) is 11.1 Å². The molecule has 0 radical (unpaired) electrons. The van der Waals surface area contributed by atoms with Gasteiger partial charge in [0.05, 0.1) is 16.1 Å². The van der Waals surface area contributed by atoms with E-state index in [0.717, 1.165) is 18.5 Å². The summed E-state index contributed by atoms with van der Waals surface area (Å²) in [6.45, 7) is 3.33. The van der Waals surface area contributed by atoms with Crippen molar-refractivity contribution in [1.82, 2.24) is 10.3 Å². The largest absolute Gasteiger partial charge is 0.480 e. The van der Waals surface area contributed by atoms with Crippen molar-refractivity contribution < 1.29 is 9.53 Å². The zero-order valence-corrected chi connectivity index (χ0v) is 15.4. The van der Waals surface area contributed by atoms with Gasteiger partial charge in [-0.2, -0.15) is 5.26 Å². The molecule has 1 aliphatic carbocycles. The first-order valence-corrected chi connectivity index (χ1v) is 8.70. The zero-order valence-electron chi connectivity index (χ0n) is 13.9. The topological polar surface area (TPSA) is 75.0 Å². The molecule has 1 aromatic carbocycles. The van der Waals surface area contributed by atoms with E-state index in [9.17, 15) is 10.1 Å². The van der Waals surface area contributed by atoms with Gasteiger partial charge in [-0.3, -0.25) is 4.79 Å². The van der Waals surface area contributed by atoms with Crippen LogP contribution in [0.3, 0.4) is 0 Å². The van der Waals surface area contributed by atoms with Crippen LogP contribution in [0.4, 0.5) is 0 Å². The van der Waals surface area contributed by atoms with Gasteiger partial charge in [-0.25, -0.2) is 4.98 Å². The van der Waals surface area contributed by atoms with Gasteiger partial charge in [0.1, 0.15) is 11.1 Å². The fourth-order valence-corrected chi connectivity index (χ4v) is 3.34. The monoisotopic (exact) mass is 377 g/mol. The average molecular weight is 378 g/mol. The minimum atomic E-state index is -0.860. The summed E-state index contributed by atoms with van der Waals surface area (Å²) >= 11 is 12.4. The highest BCUT2D eigenvalue weighted by molar-refractivity contribution is 6.39. The number of hydrogen-bond donors (Lipinski definition) is 1. The lowest BCUT2D eigenvalue weighted by Crippen LogP contribution is -2.48. The number of amides is 1. The molecule has 1 N–H and O–H groups in total. The van der Waals surface area contributed by atoms with Crippen LogP contribution in [-0.4, -0.2) is 23.0 Å². The molecule has 0 bridgehead atoms. The number of hydrogen-bond acceptors (Lipinski definition) is 4. The first-order valence-electron chi connectivity index (χ1n) is 7.94. The van der Waals surface area contributed by atoms with Gasteiger partial charge in [-0.1, -0.05) is 23.2 Å². The maximum atomic E-state index is 12.2. The maximum Gasteiger partial charge on any atom is 0.259 e. The van der Waals surface area contributed by atoms with Crippen molar-refractivity contribution >= 4 is 40.0 Å². The number of pyridine rings is 1. The van der Waals surface area contributed by atoms with Gasteiger partial charge in [0.15, 0.2) is 12.4 Å². The summed E-state index contributed by atoms with van der Waals surface area (Å²) in [5, 5.41) is 13.5. The van der Waals surface area contributed by atoms with Crippen molar-refractivity contribution in [3.63, 3.8) is 0 Å². The standard InChI is InChI=1S/C18H17Cl2N3O2/c1-10-3-6-12-13(19)7-14(20)17(16(12)22-10)25-8-15(24)23-18(2,9-21)11-4-5-11/h3,6-7,11H,4-5,8H2,1-2H3,(H,23,24). The number of fused-ring (bicyclic) bond motifs is 1. The molecule has 1 heterocycles. The molecule has 0 spiro atoms. The number of nitriles is 1. The molecule has 3 rings (SSSR count). The van der Waals surface area contributed by atoms with E-state index in [4.69, 9.17) is 27.9 Å². The van der Waals surface area contributed by atoms with Crippen LogP contribution in [0.2, 0.25) is 10.0 Å². The summed E-state index contributed by atoms with van der Waals surface area (Å²) in [5.74, 6) is 0.137. The Morgan fingerprint density at radius 1 is 1.44 bits per heavy atom. The normalized spacial score (nSPS) is 16.1. The Balaban J connectivity index is 1.80. The molecule has 1 fully saturated rings. The van der Waals surface area contributed by atoms with Gasteiger partial charge < -0.3 is 10.1 Å². The van der Waals surface area contributed by atoms with Gasteiger partial charge >= 0.3 is 0 Å². The van der Waals surface area contributed by atoms with E-state index in [-0.39, 0.29) is 23.5 Å². The molecule has 1 aromatic heterocycles. The molecule has 1 saturated carbocycles. The van der Waals surface area contributed by atoms with Crippen molar-refractivity contribution in [2.24, 2.45) is 5.92 Å². The first-order chi connectivity index (χ1) is 11.8. The van der Waals surface area contributed by atoms with E-state index in [0.29, 0.717) is 21.7 Å². The number of halogens is 2. The molecule has 7 heteroatoms. The molecular weight excluding hydrogens is 361 g/mol. The van der Waals surface area contributed by atoms with Crippen LogP contribution in [-0.2, 0) is 4.79 Å². The van der Waals surface area contributed by atoms with E-state index in [2.05, 4.69) is 16.4 Å². The number of benzene rings is 1. The molecule has 1 atom stereocenters. The molecule has 2 aromatic rings. The average Bonchev–Trinajstić information content (AvgIpc) is 3.39. The van der Waals surface area contributed by atoms with Crippen molar-refractivity contribution in [2.45, 2.75) is 32.2 Å². The molecule has 1 unspecified atom stereocenters. The van der Waals surface area contributed by atoms with E-state index < -0.39 is 5.54 Å². The number of aromatic nitrogens is 1. The molecule has 1 aliphatic rings. The van der Waals surface area contributed by atoms with Gasteiger partial charge in [-0.15, -0.1) is 0 Å². The van der Waals surface area contributed by atoms with Crippen molar-refractivity contribution in [3.05, 3.63) is 33.9 Å². The Labute approximate surface area is 155 Å². The third kappa shape index (κ3) is 3.65. The lowest BCUT2D eigenvalue weighted by molar-refractivity contribution is -0.124. The lowest BCUT2D eigenvalue weighted by Gasteiger charge is -2.23. The minimum absolute atomic E-state index is 0.200. The minimum Gasteiger partial charge on any atom is -0.480 e. The number of carbonyl (C=O) groups is 1. The zero-order chi connectivity index (χ0) is 18.2. The van der Waals surface area contributed by atoms with Crippen LogP contribution in [0.15, 0.2) is 18.2 Å². The second kappa shape index (κ2) is 6.70. The Morgan fingerprint density at radius 3 is 2.80 bits per heavy atom. The van der Waals surface area contributed by atoms with Gasteiger partial charge in [-0.05, 0) is 50.8 Å². The summed E-state index contributed by atoms with van der Waals surface area (Å²) in [6.07, 6.45) is 1.89. The molecule has 1 amide bonds. The molecule has 25 heavy (non-hydrogen) atoms. The number of nitrogens with zero attached hydrogens (tertiary/aromatic N) is 2. The van der Waals surface area contributed by atoms with Crippen molar-refractivity contribution in [3.8, 4) is 11.8 Å². The highest BCUT2D eigenvalue weighted by Crippen LogP contribution is 2.39. The van der Waals surface area contributed by atoms with Gasteiger partial charge in [0.2, 0.25) is 0 Å². The van der Waals surface area contributed by atoms with Crippen LogP contribution >= 0.6 is 23.2 Å². The number of rotatable bonds is 5. The predicted molar refractivity (Wildman–Crippen MR) is 96.9 cm³/mol. The van der Waals surface area contributed by atoms with Crippen LogP contribution in [0, 0.1) is 24.2 Å². The second-order valence-electron chi connectivity index (χ2n) is 6.44. The smallest absolute Gasteiger partial charge is 0.259 e. The predicted octanol–water partition coefficient (Wildman–Crippen LogP) is 4.04. The molecular formula is C18H17Cl2N3O2. The molecule has 5 nitrogen and oxygen atoms in total. The summed E-state index contributed by atoms with van der Waals surface area (Å²) in [5.41, 5.74) is 0.433. The van der Waals surface area contributed by atoms with Crippen LogP contribution in [0.25, 0.3) is 10.9 Å². The van der Waals surface area contributed by atoms with E-state index >= 15 is 0 Å². The highest BCUT2D eigenvalue weighted by Gasteiger charge is 2.43. The second-order valence-corrected chi connectivity index (χ2v) is 7.26. The maximum absolute atomic E-state index is 12.2. The summed E-state index contributed by atoms with van der Waals surface area (Å²) < 4.78 is 5.64. The van der Waals surface area contributed by atoms with Crippen LogP contribution < -0.4 is 10.1 Å². The number of ether oxygens (including phenoxy) is 1. The highest BCUT2D eigenvalue weighted by atomic mass is 35.5. The molecule has 0 aliphatic heterocycles. The quantitative estimate of drug-likeness (QED) is 0.852. The summed E-state index contributed by atoms with van der Waals surface area (Å²) in [4.78, 5) is 16.7. The van der Waals surface area contributed by atoms with Crippen molar-refractivity contribution in [2.75, 3.05) is 6.61 Å². The summed E-state index contributed by atoms with van der Waals surface area (Å²) in [7, 11) is 0. The lowest BCUT2D eigenvalue weighted by atomic mass is 9.98. The van der Waals surface area contributed by atoms with E-state index in [1.807, 2.05) is 19.1 Å². The summed E-state index contributed by atoms with van der Waals surface area (Å²) in [6, 6.07) is 7.43. The fraction of sp³-hybridized carbons (Fsp3) is 0.389.